The van der Waals surface area contributed by atoms with E-state index in [2.05, 4.69) is 15.8 Å². The molecule has 2 amide bonds. The third-order valence-electron chi connectivity index (χ3n) is 4.14. The first-order valence-electron chi connectivity index (χ1n) is 9.04. The van der Waals surface area contributed by atoms with Crippen LogP contribution in [0.1, 0.15) is 11.1 Å². The van der Waals surface area contributed by atoms with Gasteiger partial charge in [0, 0.05) is 26.3 Å². The maximum absolute atomic E-state index is 11.9. The molecule has 2 rings (SSSR count). The third kappa shape index (κ3) is 6.53. The Hall–Kier alpha value is -3.55. The molecule has 0 atom stereocenters. The molecule has 0 saturated heterocycles. The number of amides is 2. The summed E-state index contributed by atoms with van der Waals surface area (Å²) in [5.41, 5.74) is 5.03. The molecular formula is C21H26N4O4. The fraction of sp³-hybridized carbons (Fsp3) is 0.286. The van der Waals surface area contributed by atoms with Gasteiger partial charge in [0.05, 0.1) is 20.4 Å². The molecule has 0 unspecified atom stereocenters. The highest BCUT2D eigenvalue weighted by molar-refractivity contribution is 6.35. The molecule has 0 fully saturated rings. The number of nitrogens with zero attached hydrogens (tertiary/aromatic N) is 2. The van der Waals surface area contributed by atoms with Crippen molar-refractivity contribution in [3.63, 3.8) is 0 Å². The van der Waals surface area contributed by atoms with Crippen LogP contribution in [0.2, 0.25) is 0 Å². The Morgan fingerprint density at radius 1 is 1.00 bits per heavy atom. The second-order valence-electron chi connectivity index (χ2n) is 6.38. The van der Waals surface area contributed by atoms with Gasteiger partial charge in [0.25, 0.3) is 0 Å². The molecule has 29 heavy (non-hydrogen) atoms. The van der Waals surface area contributed by atoms with Gasteiger partial charge < -0.3 is 19.7 Å². The Morgan fingerprint density at radius 2 is 1.69 bits per heavy atom. The molecular weight excluding hydrogens is 372 g/mol. The lowest BCUT2D eigenvalue weighted by atomic mass is 10.1. The summed E-state index contributed by atoms with van der Waals surface area (Å²) < 4.78 is 10.4. The molecule has 0 aromatic heterocycles. The minimum Gasteiger partial charge on any atom is -0.493 e. The normalized spacial score (nSPS) is 10.5. The molecule has 0 radical (unpaired) electrons. The minimum atomic E-state index is -0.821. The molecule has 0 spiro atoms. The van der Waals surface area contributed by atoms with Crippen LogP contribution in [-0.4, -0.2) is 52.9 Å². The lowest BCUT2D eigenvalue weighted by Crippen LogP contribution is -2.38. The van der Waals surface area contributed by atoms with E-state index in [9.17, 15) is 9.59 Å². The van der Waals surface area contributed by atoms with Crippen molar-refractivity contribution in [2.45, 2.75) is 6.42 Å². The van der Waals surface area contributed by atoms with Crippen LogP contribution in [0.3, 0.4) is 0 Å². The zero-order valence-corrected chi connectivity index (χ0v) is 17.1. The van der Waals surface area contributed by atoms with E-state index in [1.54, 1.807) is 20.3 Å². The minimum absolute atomic E-state index is 0.303. The summed E-state index contributed by atoms with van der Waals surface area (Å²) >= 11 is 0. The average Bonchev–Trinajstić information content (AvgIpc) is 2.73. The number of ether oxygens (including phenoxy) is 2. The molecule has 2 N–H and O–H groups in total. The van der Waals surface area contributed by atoms with Crippen molar-refractivity contribution in [3.8, 4) is 11.5 Å². The van der Waals surface area contributed by atoms with Crippen LogP contribution in [0.5, 0.6) is 11.5 Å². The number of hydrogen-bond acceptors (Lipinski definition) is 6. The van der Waals surface area contributed by atoms with Crippen LogP contribution in [0, 0.1) is 0 Å². The number of rotatable bonds is 8. The van der Waals surface area contributed by atoms with Crippen LogP contribution >= 0.6 is 0 Å². The predicted molar refractivity (Wildman–Crippen MR) is 113 cm³/mol. The second kappa shape index (κ2) is 10.7. The number of methoxy groups -OCH3 is 2. The van der Waals surface area contributed by atoms with E-state index in [1.807, 2.05) is 55.4 Å². The lowest BCUT2D eigenvalue weighted by molar-refractivity contribution is -0.139. The summed E-state index contributed by atoms with van der Waals surface area (Å²) in [5, 5.41) is 6.38. The summed E-state index contributed by atoms with van der Waals surface area (Å²) in [7, 11) is 7.03. The zero-order valence-electron chi connectivity index (χ0n) is 17.1. The first-order chi connectivity index (χ1) is 13.9. The summed E-state index contributed by atoms with van der Waals surface area (Å²) in [6.45, 7) is 0.303. The first-order valence-corrected chi connectivity index (χ1v) is 9.04. The van der Waals surface area contributed by atoms with Crippen molar-refractivity contribution in [3.05, 3.63) is 53.6 Å². The molecule has 8 nitrogen and oxygen atoms in total. The van der Waals surface area contributed by atoms with Gasteiger partial charge in [0.1, 0.15) is 0 Å². The number of hydrazone groups is 1. The summed E-state index contributed by atoms with van der Waals surface area (Å²) in [4.78, 5) is 25.7. The molecule has 8 heteroatoms. The highest BCUT2D eigenvalue weighted by Gasteiger charge is 2.12. The SMILES string of the molecule is COc1ccc(CCNC(=O)C(=O)N/N=C\c2ccc(N(C)C)cc2)cc1OC. The largest absolute Gasteiger partial charge is 0.493 e. The van der Waals surface area contributed by atoms with Crippen LogP contribution in [0.15, 0.2) is 47.6 Å². The van der Waals surface area contributed by atoms with E-state index in [0.29, 0.717) is 24.5 Å². The number of hydrogen-bond donors (Lipinski definition) is 2. The van der Waals surface area contributed by atoms with Gasteiger partial charge >= 0.3 is 11.8 Å². The van der Waals surface area contributed by atoms with Crippen LogP contribution in [0.25, 0.3) is 0 Å². The van der Waals surface area contributed by atoms with Gasteiger partial charge in [-0.25, -0.2) is 5.43 Å². The fourth-order valence-electron chi connectivity index (χ4n) is 2.51. The summed E-state index contributed by atoms with van der Waals surface area (Å²) in [6.07, 6.45) is 2.02. The molecule has 2 aromatic rings. The van der Waals surface area contributed by atoms with Gasteiger partial charge in [0.15, 0.2) is 11.5 Å². The highest BCUT2D eigenvalue weighted by atomic mass is 16.5. The number of nitrogens with one attached hydrogen (secondary N) is 2. The second-order valence-corrected chi connectivity index (χ2v) is 6.38. The van der Waals surface area contributed by atoms with Crippen LogP contribution in [-0.2, 0) is 16.0 Å². The molecule has 0 aliphatic heterocycles. The summed E-state index contributed by atoms with van der Waals surface area (Å²) in [5.74, 6) is -0.319. The number of carbonyl (C=O) groups is 2. The molecule has 0 aliphatic carbocycles. The standard InChI is InChI=1S/C21H26N4O4/c1-25(2)17-8-5-16(6-9-17)14-23-24-21(27)20(26)22-12-11-15-7-10-18(28-3)19(13-15)29-4/h5-10,13-14H,11-12H2,1-4H3,(H,22,26)(H,24,27)/b23-14-. The van der Waals surface area contributed by atoms with Gasteiger partial charge in [-0.05, 0) is 41.8 Å². The number of benzene rings is 2. The van der Waals surface area contributed by atoms with Gasteiger partial charge in [0.2, 0.25) is 0 Å². The Kier molecular flexibility index (Phi) is 8.02. The Morgan fingerprint density at radius 3 is 2.31 bits per heavy atom. The Balaban J connectivity index is 1.78. The van der Waals surface area contributed by atoms with Crippen LogP contribution in [0.4, 0.5) is 5.69 Å². The van der Waals surface area contributed by atoms with Gasteiger partial charge in [-0.15, -0.1) is 0 Å². The third-order valence-corrected chi connectivity index (χ3v) is 4.14. The van der Waals surface area contributed by atoms with Gasteiger partial charge in [-0.1, -0.05) is 18.2 Å². The van der Waals surface area contributed by atoms with E-state index in [1.165, 1.54) is 6.21 Å². The Labute approximate surface area is 170 Å². The molecule has 0 heterocycles. The maximum atomic E-state index is 11.9. The van der Waals surface area contributed by atoms with Crippen molar-refractivity contribution in [1.82, 2.24) is 10.7 Å². The maximum Gasteiger partial charge on any atom is 0.329 e. The smallest absolute Gasteiger partial charge is 0.329 e. The first kappa shape index (κ1) is 21.7. The molecule has 154 valence electrons. The lowest BCUT2D eigenvalue weighted by Gasteiger charge is -2.11. The van der Waals surface area contributed by atoms with E-state index in [0.717, 1.165) is 16.8 Å². The summed E-state index contributed by atoms with van der Waals surface area (Å²) in [6, 6.07) is 13.1. The molecule has 0 bridgehead atoms. The average molecular weight is 398 g/mol. The molecule has 0 aliphatic rings. The van der Waals surface area contributed by atoms with E-state index < -0.39 is 11.8 Å². The van der Waals surface area contributed by atoms with Gasteiger partial charge in [-0.3, -0.25) is 9.59 Å². The zero-order chi connectivity index (χ0) is 21.2. The highest BCUT2D eigenvalue weighted by Crippen LogP contribution is 2.27. The molecule has 2 aromatic carbocycles. The van der Waals surface area contributed by atoms with Gasteiger partial charge in [-0.2, -0.15) is 5.10 Å². The molecule has 0 saturated carbocycles. The van der Waals surface area contributed by atoms with Crippen molar-refractivity contribution in [1.29, 1.82) is 0 Å². The number of carbonyl (C=O) groups excluding carboxylic acids is 2. The topological polar surface area (TPSA) is 92.3 Å². The van der Waals surface area contributed by atoms with Crippen molar-refractivity contribution >= 4 is 23.7 Å². The van der Waals surface area contributed by atoms with Crippen LogP contribution < -0.4 is 25.1 Å². The van der Waals surface area contributed by atoms with Crippen molar-refractivity contribution in [2.75, 3.05) is 39.8 Å². The van der Waals surface area contributed by atoms with Crippen molar-refractivity contribution < 1.29 is 19.1 Å². The van der Waals surface area contributed by atoms with Crippen molar-refractivity contribution in [2.24, 2.45) is 5.10 Å². The number of anilines is 1. The van der Waals surface area contributed by atoms with E-state index in [4.69, 9.17) is 9.47 Å². The van der Waals surface area contributed by atoms with E-state index in [-0.39, 0.29) is 0 Å². The quantitative estimate of drug-likeness (QED) is 0.400. The monoisotopic (exact) mass is 398 g/mol. The fourth-order valence-corrected chi connectivity index (χ4v) is 2.51. The Bertz CT molecular complexity index is 863. The van der Waals surface area contributed by atoms with E-state index >= 15 is 0 Å². The predicted octanol–water partition coefficient (Wildman–Crippen LogP) is 1.58.